The van der Waals surface area contributed by atoms with Gasteiger partial charge in [-0.15, -0.1) is 0 Å². The van der Waals surface area contributed by atoms with E-state index in [4.69, 9.17) is 4.74 Å². The van der Waals surface area contributed by atoms with Gasteiger partial charge in [-0.2, -0.15) is 0 Å². The fourth-order valence-electron chi connectivity index (χ4n) is 2.80. The van der Waals surface area contributed by atoms with Gasteiger partial charge in [0, 0.05) is 0 Å². The fraction of sp³-hybridized carbons (Fsp3) is 0.647. The predicted molar refractivity (Wildman–Crippen MR) is 80.7 cm³/mol. The third-order valence-electron chi connectivity index (χ3n) is 4.50. The molecule has 1 aromatic rings. The highest BCUT2D eigenvalue weighted by Crippen LogP contribution is 2.54. The molecule has 1 fully saturated rings. The van der Waals surface area contributed by atoms with Crippen LogP contribution < -0.4 is 10.1 Å². The Morgan fingerprint density at radius 1 is 1.32 bits per heavy atom. The van der Waals surface area contributed by atoms with Crippen LogP contribution in [0.5, 0.6) is 5.75 Å². The van der Waals surface area contributed by atoms with E-state index in [1.54, 1.807) is 7.11 Å². The molecule has 0 saturated heterocycles. The second-order valence-corrected chi connectivity index (χ2v) is 6.11. The molecule has 0 aromatic heterocycles. The Labute approximate surface area is 117 Å². The lowest BCUT2D eigenvalue weighted by Gasteiger charge is -2.12. The molecule has 19 heavy (non-hydrogen) atoms. The summed E-state index contributed by atoms with van der Waals surface area (Å²) in [6.07, 6.45) is 5.11. The van der Waals surface area contributed by atoms with Gasteiger partial charge in [0.2, 0.25) is 0 Å². The van der Waals surface area contributed by atoms with E-state index in [1.165, 1.54) is 37.8 Å². The van der Waals surface area contributed by atoms with Crippen LogP contribution in [0.25, 0.3) is 0 Å². The van der Waals surface area contributed by atoms with Crippen LogP contribution in [0, 0.1) is 11.3 Å². The van der Waals surface area contributed by atoms with Crippen molar-refractivity contribution in [1.82, 2.24) is 5.32 Å². The third kappa shape index (κ3) is 3.97. The average molecular weight is 261 g/mol. The molecule has 0 radical (unpaired) electrons. The van der Waals surface area contributed by atoms with Crippen molar-refractivity contribution < 1.29 is 4.74 Å². The van der Waals surface area contributed by atoms with Crippen molar-refractivity contribution in [2.75, 3.05) is 20.2 Å². The van der Waals surface area contributed by atoms with Gasteiger partial charge >= 0.3 is 0 Å². The highest BCUT2D eigenvalue weighted by Gasteiger charge is 2.48. The zero-order chi connectivity index (χ0) is 13.7. The summed E-state index contributed by atoms with van der Waals surface area (Å²) in [6.45, 7) is 7.02. The molecule has 2 nitrogen and oxygen atoms in total. The van der Waals surface area contributed by atoms with Gasteiger partial charge in [0.25, 0.3) is 0 Å². The number of ether oxygens (including phenoxy) is 1. The maximum Gasteiger partial charge on any atom is 0.118 e. The fourth-order valence-corrected chi connectivity index (χ4v) is 2.80. The molecule has 0 bridgehead atoms. The van der Waals surface area contributed by atoms with E-state index in [2.05, 4.69) is 43.4 Å². The van der Waals surface area contributed by atoms with Gasteiger partial charge < -0.3 is 10.1 Å². The van der Waals surface area contributed by atoms with Gasteiger partial charge in [0.1, 0.15) is 5.75 Å². The molecule has 1 aliphatic rings. The third-order valence-corrected chi connectivity index (χ3v) is 4.50. The van der Waals surface area contributed by atoms with Gasteiger partial charge in [-0.1, -0.05) is 26.0 Å². The van der Waals surface area contributed by atoms with E-state index in [-0.39, 0.29) is 0 Å². The lowest BCUT2D eigenvalue weighted by atomic mass is 9.96. The van der Waals surface area contributed by atoms with Crippen LogP contribution >= 0.6 is 0 Å². The second-order valence-electron chi connectivity index (χ2n) is 6.11. The van der Waals surface area contributed by atoms with Crippen LogP contribution in [0.4, 0.5) is 0 Å². The van der Waals surface area contributed by atoms with Gasteiger partial charge in [-0.05, 0) is 67.8 Å². The molecule has 0 aliphatic heterocycles. The highest BCUT2D eigenvalue weighted by atomic mass is 16.5. The zero-order valence-corrected chi connectivity index (χ0v) is 12.5. The number of methoxy groups -OCH3 is 1. The van der Waals surface area contributed by atoms with Crippen molar-refractivity contribution >= 4 is 0 Å². The first-order valence-corrected chi connectivity index (χ1v) is 7.51. The van der Waals surface area contributed by atoms with Crippen LogP contribution in [0.3, 0.4) is 0 Å². The maximum atomic E-state index is 5.19. The van der Waals surface area contributed by atoms with Crippen LogP contribution in [0.15, 0.2) is 24.3 Å². The first kappa shape index (κ1) is 14.4. The Morgan fingerprint density at radius 3 is 2.68 bits per heavy atom. The van der Waals surface area contributed by atoms with Crippen molar-refractivity contribution in [2.45, 2.75) is 39.5 Å². The molecule has 2 atom stereocenters. The molecule has 0 spiro atoms. The monoisotopic (exact) mass is 261 g/mol. The molecule has 0 heterocycles. The number of nitrogens with one attached hydrogen (secondary N) is 1. The van der Waals surface area contributed by atoms with Gasteiger partial charge in [0.05, 0.1) is 7.11 Å². The summed E-state index contributed by atoms with van der Waals surface area (Å²) in [4.78, 5) is 0. The summed E-state index contributed by atoms with van der Waals surface area (Å²) in [6, 6.07) is 8.50. The molecule has 2 rings (SSSR count). The van der Waals surface area contributed by atoms with Crippen LogP contribution in [-0.4, -0.2) is 20.2 Å². The molecule has 2 heteroatoms. The number of hydrogen-bond acceptors (Lipinski definition) is 2. The Kier molecular flexibility index (Phi) is 4.87. The van der Waals surface area contributed by atoms with Crippen LogP contribution in [0.2, 0.25) is 0 Å². The standard InChI is InChI=1S/C17H27NO/c1-4-11-18-13-15-12-17(15,2)10-9-14-5-7-16(19-3)8-6-14/h5-8,15,18H,4,9-13H2,1-3H3. The van der Waals surface area contributed by atoms with E-state index in [0.717, 1.165) is 18.2 Å². The van der Waals surface area contributed by atoms with Crippen molar-refractivity contribution in [3.05, 3.63) is 29.8 Å². The quantitative estimate of drug-likeness (QED) is 0.721. The molecular formula is C17H27NO. The van der Waals surface area contributed by atoms with Crippen molar-refractivity contribution in [3.63, 3.8) is 0 Å². The Bertz CT molecular complexity index is 387. The van der Waals surface area contributed by atoms with E-state index in [9.17, 15) is 0 Å². The number of aryl methyl sites for hydroxylation is 1. The lowest BCUT2D eigenvalue weighted by Crippen LogP contribution is -2.19. The minimum Gasteiger partial charge on any atom is -0.497 e. The number of rotatable bonds is 8. The molecule has 1 saturated carbocycles. The lowest BCUT2D eigenvalue weighted by molar-refractivity contribution is 0.414. The second kappa shape index (κ2) is 6.42. The molecule has 1 aromatic carbocycles. The molecule has 1 aliphatic carbocycles. The van der Waals surface area contributed by atoms with Crippen molar-refractivity contribution in [1.29, 1.82) is 0 Å². The topological polar surface area (TPSA) is 21.3 Å². The molecule has 106 valence electrons. The number of hydrogen-bond donors (Lipinski definition) is 1. The molecule has 2 unspecified atom stereocenters. The van der Waals surface area contributed by atoms with Crippen LogP contribution in [-0.2, 0) is 6.42 Å². The minimum atomic E-state index is 0.570. The Hall–Kier alpha value is -1.02. The zero-order valence-electron chi connectivity index (χ0n) is 12.5. The highest BCUT2D eigenvalue weighted by molar-refractivity contribution is 5.27. The Balaban J connectivity index is 1.73. The van der Waals surface area contributed by atoms with Gasteiger partial charge in [-0.25, -0.2) is 0 Å². The van der Waals surface area contributed by atoms with E-state index in [1.807, 2.05) is 0 Å². The predicted octanol–water partition coefficient (Wildman–Crippen LogP) is 3.65. The summed E-state index contributed by atoms with van der Waals surface area (Å²) in [7, 11) is 1.72. The maximum absolute atomic E-state index is 5.19. The summed E-state index contributed by atoms with van der Waals surface area (Å²) >= 11 is 0. The summed E-state index contributed by atoms with van der Waals surface area (Å²) in [5, 5.41) is 3.55. The van der Waals surface area contributed by atoms with E-state index >= 15 is 0 Å². The smallest absolute Gasteiger partial charge is 0.118 e. The summed E-state index contributed by atoms with van der Waals surface area (Å²) < 4.78 is 5.19. The van der Waals surface area contributed by atoms with Crippen molar-refractivity contribution in [2.24, 2.45) is 11.3 Å². The summed E-state index contributed by atoms with van der Waals surface area (Å²) in [5.41, 5.74) is 2.00. The van der Waals surface area contributed by atoms with Crippen LogP contribution in [0.1, 0.15) is 38.7 Å². The van der Waals surface area contributed by atoms with Gasteiger partial charge in [0.15, 0.2) is 0 Å². The van der Waals surface area contributed by atoms with Crippen molar-refractivity contribution in [3.8, 4) is 5.75 Å². The SMILES string of the molecule is CCCNCC1CC1(C)CCc1ccc(OC)cc1. The summed E-state index contributed by atoms with van der Waals surface area (Å²) in [5.74, 6) is 1.83. The van der Waals surface area contributed by atoms with Gasteiger partial charge in [-0.3, -0.25) is 0 Å². The minimum absolute atomic E-state index is 0.570. The van der Waals surface area contributed by atoms with E-state index in [0.29, 0.717) is 5.41 Å². The average Bonchev–Trinajstić information content (AvgIpc) is 3.09. The molecule has 1 N–H and O–H groups in total. The molecule has 0 amide bonds. The number of benzene rings is 1. The normalized spacial score (nSPS) is 25.3. The molecular weight excluding hydrogens is 234 g/mol. The largest absolute Gasteiger partial charge is 0.497 e. The first-order valence-electron chi connectivity index (χ1n) is 7.51. The first-order chi connectivity index (χ1) is 9.18. The van der Waals surface area contributed by atoms with E-state index < -0.39 is 0 Å². The Morgan fingerprint density at radius 2 is 2.05 bits per heavy atom.